The van der Waals surface area contributed by atoms with E-state index in [0.717, 1.165) is 39.4 Å². The van der Waals surface area contributed by atoms with Crippen LogP contribution in [0.4, 0.5) is 29.3 Å². The van der Waals surface area contributed by atoms with Crippen LogP contribution in [0.5, 0.6) is 0 Å². The Morgan fingerprint density at radius 1 is 0.864 bits per heavy atom. The standard InChI is InChI=1S/C47H50ClF3N4O8S3/c1-46(2,3)63-45(58)52-26-23-35(30-64-37-9-5-4-6-10-37)53-41-22-21-38(29-42(41)65(59,60)47(49,50)51)66(61,62)54-44(57)33-15-19-36(20-16-33)55-27-24-32(25-28-55)43(56)40-12-8-7-11-39(40)31-13-17-34(48)18-14-31/h4-22,29,32,35,43,53,56H,23-28,30H2,1-3H3,(H,52,58)(H,54,57)/t35-,43-/m1/s1. The summed E-state index contributed by atoms with van der Waals surface area (Å²) >= 11 is 7.41. The number of nitrogens with zero attached hydrogens (tertiary/aromatic N) is 1. The minimum absolute atomic E-state index is 0.00665. The van der Waals surface area contributed by atoms with Gasteiger partial charge in [-0.25, -0.2) is 26.4 Å². The van der Waals surface area contributed by atoms with Crippen molar-refractivity contribution in [1.29, 1.82) is 0 Å². The van der Waals surface area contributed by atoms with E-state index in [4.69, 9.17) is 16.3 Å². The van der Waals surface area contributed by atoms with E-state index in [0.29, 0.717) is 37.0 Å². The molecule has 2 amide bonds. The highest BCUT2D eigenvalue weighted by Crippen LogP contribution is 2.39. The highest BCUT2D eigenvalue weighted by atomic mass is 35.5. The molecule has 1 aliphatic rings. The number of aliphatic hydroxyl groups excluding tert-OH is 1. The number of ether oxygens (including phenoxy) is 1. The fourth-order valence-electron chi connectivity index (χ4n) is 7.37. The van der Waals surface area contributed by atoms with Crippen molar-refractivity contribution in [2.24, 2.45) is 5.92 Å². The summed E-state index contributed by atoms with van der Waals surface area (Å²) in [6.07, 6.45) is -0.0241. The van der Waals surface area contributed by atoms with Gasteiger partial charge in [0.15, 0.2) is 0 Å². The molecule has 19 heteroatoms. The number of nitrogens with one attached hydrogen (secondary N) is 3. The van der Waals surface area contributed by atoms with Crippen LogP contribution in [0.1, 0.15) is 62.1 Å². The number of thioether (sulfide) groups is 1. The fraction of sp³-hybridized carbons (Fsp3) is 0.319. The third-order valence-corrected chi connectivity index (χ3v) is 15.0. The third-order valence-electron chi connectivity index (χ3n) is 10.7. The molecule has 1 fully saturated rings. The average Bonchev–Trinajstić information content (AvgIpc) is 3.27. The number of halogens is 4. The van der Waals surface area contributed by atoms with Crippen LogP contribution in [0, 0.1) is 5.92 Å². The summed E-state index contributed by atoms with van der Waals surface area (Å²) in [7, 11) is -11.1. The van der Waals surface area contributed by atoms with E-state index in [1.54, 1.807) is 63.2 Å². The van der Waals surface area contributed by atoms with Crippen molar-refractivity contribution in [2.75, 3.05) is 35.6 Å². The van der Waals surface area contributed by atoms with Gasteiger partial charge in [0.25, 0.3) is 25.8 Å². The fourth-order valence-corrected chi connectivity index (χ4v) is 10.5. The maximum atomic E-state index is 14.1. The highest BCUT2D eigenvalue weighted by molar-refractivity contribution is 7.99. The first-order valence-electron chi connectivity index (χ1n) is 20.9. The molecule has 4 N–H and O–H groups in total. The van der Waals surface area contributed by atoms with Gasteiger partial charge in [0.1, 0.15) is 10.5 Å². The summed E-state index contributed by atoms with van der Waals surface area (Å²) in [6, 6.07) is 31.6. The van der Waals surface area contributed by atoms with Crippen LogP contribution in [0.3, 0.4) is 0 Å². The van der Waals surface area contributed by atoms with Gasteiger partial charge >= 0.3 is 11.6 Å². The molecule has 5 aromatic carbocycles. The summed E-state index contributed by atoms with van der Waals surface area (Å²) in [6.45, 7) is 6.20. The Morgan fingerprint density at radius 2 is 1.50 bits per heavy atom. The quantitative estimate of drug-likeness (QED) is 0.0694. The van der Waals surface area contributed by atoms with Gasteiger partial charge in [-0.3, -0.25) is 4.79 Å². The maximum absolute atomic E-state index is 14.1. The number of alkyl carbamates (subject to hydrolysis) is 1. The molecule has 0 saturated carbocycles. The topological polar surface area (TPSA) is 171 Å². The zero-order valence-corrected chi connectivity index (χ0v) is 39.4. The summed E-state index contributed by atoms with van der Waals surface area (Å²) in [4.78, 5) is 26.2. The van der Waals surface area contributed by atoms with Crippen molar-refractivity contribution in [2.45, 2.75) is 78.0 Å². The molecule has 2 atom stereocenters. The molecule has 0 aromatic heterocycles. The molecule has 5 aromatic rings. The highest BCUT2D eigenvalue weighted by Gasteiger charge is 2.48. The van der Waals surface area contributed by atoms with Crippen molar-refractivity contribution in [3.05, 3.63) is 137 Å². The number of hydrogen-bond donors (Lipinski definition) is 4. The van der Waals surface area contributed by atoms with Crippen LogP contribution < -0.4 is 20.3 Å². The Balaban J connectivity index is 1.14. The zero-order chi connectivity index (χ0) is 47.9. The van der Waals surface area contributed by atoms with E-state index in [1.165, 1.54) is 23.9 Å². The predicted molar refractivity (Wildman–Crippen MR) is 251 cm³/mol. The van der Waals surface area contributed by atoms with Gasteiger partial charge in [-0.05, 0) is 129 Å². The smallest absolute Gasteiger partial charge is 0.444 e. The molecule has 0 radical (unpaired) electrons. The number of alkyl halides is 3. The predicted octanol–water partition coefficient (Wildman–Crippen LogP) is 9.86. The van der Waals surface area contributed by atoms with Crippen LogP contribution in [0.2, 0.25) is 5.02 Å². The number of benzene rings is 5. The van der Waals surface area contributed by atoms with Crippen molar-refractivity contribution < 1.29 is 49.4 Å². The van der Waals surface area contributed by atoms with Crippen molar-refractivity contribution >= 4 is 66.6 Å². The van der Waals surface area contributed by atoms with E-state index in [-0.39, 0.29) is 30.2 Å². The first-order chi connectivity index (χ1) is 31.1. The SMILES string of the molecule is CC(C)(C)OC(=O)NCC[C@H](CSc1ccccc1)Nc1ccc(S(=O)(=O)NC(=O)c2ccc(N3CCC([C@@H](O)c4ccccc4-c4ccc(Cl)cc4)CC3)cc2)cc1S(=O)(=O)C(F)(F)F. The van der Waals surface area contributed by atoms with Gasteiger partial charge in [0.05, 0.1) is 16.7 Å². The Kier molecular flexibility index (Phi) is 16.1. The molecule has 1 aliphatic heterocycles. The second-order valence-electron chi connectivity index (χ2n) is 16.6. The van der Waals surface area contributed by atoms with Crippen molar-refractivity contribution in [3.8, 4) is 11.1 Å². The number of aliphatic hydroxyl groups is 1. The van der Waals surface area contributed by atoms with Crippen molar-refractivity contribution in [1.82, 2.24) is 10.0 Å². The lowest BCUT2D eigenvalue weighted by Crippen LogP contribution is -2.36. The zero-order valence-electron chi connectivity index (χ0n) is 36.2. The van der Waals surface area contributed by atoms with Gasteiger partial charge < -0.3 is 25.4 Å². The number of carbonyl (C=O) groups excluding carboxylic acids is 2. The molecule has 12 nitrogen and oxygen atoms in total. The van der Waals surface area contributed by atoms with Gasteiger partial charge in [0, 0.05) is 52.6 Å². The number of rotatable bonds is 16. The molecular weight excluding hydrogens is 937 g/mol. The van der Waals surface area contributed by atoms with E-state index in [1.807, 2.05) is 53.3 Å². The van der Waals surface area contributed by atoms with Crippen LogP contribution in [-0.2, 0) is 24.6 Å². The molecular formula is C47H50ClF3N4O8S3. The molecule has 1 heterocycles. The number of anilines is 2. The summed E-state index contributed by atoms with van der Waals surface area (Å²) in [5.74, 6) is -0.932. The Hall–Kier alpha value is -5.27. The van der Waals surface area contributed by atoms with Gasteiger partial charge in [-0.15, -0.1) is 11.8 Å². The summed E-state index contributed by atoms with van der Waals surface area (Å²) in [5.41, 5.74) is -3.80. The number of amides is 2. The van der Waals surface area contributed by atoms with E-state index in [9.17, 15) is 44.7 Å². The number of sulfone groups is 1. The van der Waals surface area contributed by atoms with Gasteiger partial charge in [-0.2, -0.15) is 13.2 Å². The van der Waals surface area contributed by atoms with Crippen LogP contribution >= 0.6 is 23.4 Å². The van der Waals surface area contributed by atoms with Crippen LogP contribution in [0.15, 0.2) is 136 Å². The Bertz CT molecular complexity index is 2700. The molecule has 1 saturated heterocycles. The molecule has 0 aliphatic carbocycles. The summed E-state index contributed by atoms with van der Waals surface area (Å²) < 4.78 is 103. The Morgan fingerprint density at radius 3 is 2.14 bits per heavy atom. The lowest BCUT2D eigenvalue weighted by molar-refractivity contribution is -0.0436. The van der Waals surface area contributed by atoms with E-state index >= 15 is 0 Å². The third kappa shape index (κ3) is 13.0. The number of carbonyl (C=O) groups is 2. The molecule has 66 heavy (non-hydrogen) atoms. The van der Waals surface area contributed by atoms with Gasteiger partial charge in [0.2, 0.25) is 0 Å². The Labute approximate surface area is 392 Å². The first kappa shape index (κ1) is 50.1. The van der Waals surface area contributed by atoms with Crippen molar-refractivity contribution in [3.63, 3.8) is 0 Å². The first-order valence-corrected chi connectivity index (χ1v) is 25.3. The molecule has 0 bridgehead atoms. The van der Waals surface area contributed by atoms with E-state index < -0.39 is 70.6 Å². The number of hydrogen-bond acceptors (Lipinski definition) is 11. The minimum Gasteiger partial charge on any atom is -0.444 e. The monoisotopic (exact) mass is 986 g/mol. The minimum atomic E-state index is -6.15. The lowest BCUT2D eigenvalue weighted by Gasteiger charge is -2.36. The van der Waals surface area contributed by atoms with Crippen LogP contribution in [-0.4, -0.2) is 76.5 Å². The second kappa shape index (κ2) is 21.1. The molecule has 6 rings (SSSR count). The largest absolute Gasteiger partial charge is 0.501 e. The normalized spacial score (nSPS) is 14.8. The number of piperidine rings is 1. The number of sulfonamides is 1. The molecule has 352 valence electrons. The maximum Gasteiger partial charge on any atom is 0.501 e. The van der Waals surface area contributed by atoms with Gasteiger partial charge in [-0.1, -0.05) is 66.2 Å². The van der Waals surface area contributed by atoms with E-state index in [2.05, 4.69) is 15.5 Å². The average molecular weight is 988 g/mol. The molecule has 0 spiro atoms. The molecule has 0 unspecified atom stereocenters. The van der Waals surface area contributed by atoms with Crippen LogP contribution in [0.25, 0.3) is 11.1 Å². The summed E-state index contributed by atoms with van der Waals surface area (Å²) in [5, 5.41) is 17.5. The lowest BCUT2D eigenvalue weighted by atomic mass is 9.84. The second-order valence-corrected chi connectivity index (χ2v) is 21.8.